The van der Waals surface area contributed by atoms with Crippen molar-refractivity contribution in [3.8, 4) is 28.4 Å². The predicted octanol–water partition coefficient (Wildman–Crippen LogP) is 8.85. The van der Waals surface area contributed by atoms with Gasteiger partial charge < -0.3 is 24.8 Å². The van der Waals surface area contributed by atoms with Gasteiger partial charge in [-0.1, -0.05) is 35.9 Å². The fourth-order valence-corrected chi connectivity index (χ4v) is 5.48. The van der Waals surface area contributed by atoms with Gasteiger partial charge in [0, 0.05) is 40.1 Å². The molecule has 1 aliphatic heterocycles. The summed E-state index contributed by atoms with van der Waals surface area (Å²) >= 11 is 5.94. The van der Waals surface area contributed by atoms with Crippen LogP contribution in [0.3, 0.4) is 0 Å². The van der Waals surface area contributed by atoms with Gasteiger partial charge in [0.25, 0.3) is 0 Å². The van der Waals surface area contributed by atoms with Crippen LogP contribution in [-0.2, 0) is 6.54 Å². The van der Waals surface area contributed by atoms with E-state index in [4.69, 9.17) is 25.8 Å². The summed E-state index contributed by atoms with van der Waals surface area (Å²) in [5.41, 5.74) is 7.67. The van der Waals surface area contributed by atoms with Gasteiger partial charge >= 0.3 is 6.09 Å². The van der Waals surface area contributed by atoms with Crippen LogP contribution in [0.25, 0.3) is 16.7 Å². The molecule has 0 spiro atoms. The van der Waals surface area contributed by atoms with Crippen LogP contribution < -0.4 is 30.2 Å². The lowest BCUT2D eigenvalue weighted by atomic mass is 9.85. The zero-order chi connectivity index (χ0) is 29.9. The summed E-state index contributed by atoms with van der Waals surface area (Å²) in [4.78, 5) is 12.6. The largest absolute Gasteiger partial charge is 0.496 e. The molecule has 216 valence electrons. The normalized spacial score (nSPS) is 13.2. The van der Waals surface area contributed by atoms with Crippen molar-refractivity contribution in [2.45, 2.75) is 32.9 Å². The average Bonchev–Trinajstić information content (AvgIpc) is 2.96. The van der Waals surface area contributed by atoms with Crippen molar-refractivity contribution in [2.24, 2.45) is 0 Å². The number of allylic oxidation sites excluding steroid dienone is 1. The van der Waals surface area contributed by atoms with Gasteiger partial charge in [0.1, 0.15) is 17.2 Å². The zero-order valence-electron chi connectivity index (χ0n) is 24.3. The smallest absolute Gasteiger partial charge is 0.417 e. The van der Waals surface area contributed by atoms with E-state index in [2.05, 4.69) is 54.9 Å². The van der Waals surface area contributed by atoms with Crippen LogP contribution in [0.5, 0.6) is 17.2 Å². The van der Waals surface area contributed by atoms with E-state index in [1.54, 1.807) is 50.6 Å². The zero-order valence-corrected chi connectivity index (χ0v) is 25.1. The van der Waals surface area contributed by atoms with Gasteiger partial charge in [0.2, 0.25) is 0 Å². The third kappa shape index (κ3) is 6.31. The number of hydrogen-bond donors (Lipinski definition) is 3. The van der Waals surface area contributed by atoms with Crippen LogP contribution in [0.2, 0.25) is 5.02 Å². The van der Waals surface area contributed by atoms with E-state index in [1.165, 1.54) is 5.57 Å². The van der Waals surface area contributed by atoms with Crippen LogP contribution >= 0.6 is 11.6 Å². The molecule has 0 saturated heterocycles. The van der Waals surface area contributed by atoms with Crippen molar-refractivity contribution in [3.05, 3.63) is 101 Å². The number of rotatable bonds is 8. The predicted molar refractivity (Wildman–Crippen MR) is 171 cm³/mol. The second-order valence-electron chi connectivity index (χ2n) is 10.6. The number of nitrogens with one attached hydrogen (secondary N) is 3. The molecular weight excluding hydrogens is 550 g/mol. The van der Waals surface area contributed by atoms with Gasteiger partial charge in [-0.2, -0.15) is 0 Å². The maximum Gasteiger partial charge on any atom is 0.417 e. The summed E-state index contributed by atoms with van der Waals surface area (Å²) in [6.45, 7) is 7.00. The average molecular weight is 584 g/mol. The van der Waals surface area contributed by atoms with Crippen LogP contribution in [0.1, 0.15) is 31.9 Å². The lowest BCUT2D eigenvalue weighted by molar-refractivity contribution is 0.215. The minimum Gasteiger partial charge on any atom is -0.496 e. The van der Waals surface area contributed by atoms with Gasteiger partial charge in [-0.05, 0) is 92.1 Å². The number of hydrogen-bond acceptors (Lipinski definition) is 6. The molecule has 8 heteroatoms. The number of carbonyl (C=O) groups is 1. The standard InChI is InChI=1S/C34H34ClN3O4/c1-21-19-34(2,3)38-29-17-16-25(27(32(21)29)20-36-28-8-6-7-9-30(28)40-4)26-15-14-24(18-31(26)41-5)42-33(39)37-23-12-10-22(35)11-13-23/h6-19,36,38H,20H2,1-5H3,(H,37,39). The Morgan fingerprint density at radius 2 is 1.62 bits per heavy atom. The van der Waals surface area contributed by atoms with Crippen molar-refractivity contribution in [2.75, 3.05) is 30.2 Å². The fraction of sp³-hybridized carbons (Fsp3) is 0.206. The molecule has 1 amide bonds. The highest BCUT2D eigenvalue weighted by atomic mass is 35.5. The van der Waals surface area contributed by atoms with Gasteiger partial charge in [-0.3, -0.25) is 5.32 Å². The molecule has 1 aliphatic rings. The Bertz CT molecular complexity index is 1650. The molecule has 0 aromatic heterocycles. The summed E-state index contributed by atoms with van der Waals surface area (Å²) < 4.78 is 17.0. The summed E-state index contributed by atoms with van der Waals surface area (Å²) in [6.07, 6.45) is 1.64. The molecule has 0 saturated carbocycles. The molecule has 42 heavy (non-hydrogen) atoms. The van der Waals surface area contributed by atoms with Crippen LogP contribution in [0.4, 0.5) is 21.9 Å². The lowest BCUT2D eigenvalue weighted by Gasteiger charge is -2.33. The van der Waals surface area contributed by atoms with Gasteiger partial charge in [-0.25, -0.2) is 4.79 Å². The van der Waals surface area contributed by atoms with Crippen LogP contribution in [0.15, 0.2) is 84.9 Å². The number of carbonyl (C=O) groups excluding carboxylic acids is 1. The number of benzene rings is 4. The number of para-hydroxylation sites is 2. The molecule has 0 fully saturated rings. The van der Waals surface area contributed by atoms with E-state index < -0.39 is 6.09 Å². The molecule has 5 rings (SSSR count). The number of anilines is 3. The van der Waals surface area contributed by atoms with Crippen molar-refractivity contribution in [3.63, 3.8) is 0 Å². The Morgan fingerprint density at radius 3 is 2.36 bits per heavy atom. The molecule has 4 aromatic rings. The third-order valence-electron chi connectivity index (χ3n) is 7.07. The van der Waals surface area contributed by atoms with Crippen molar-refractivity contribution in [1.29, 1.82) is 0 Å². The number of fused-ring (bicyclic) bond motifs is 1. The van der Waals surface area contributed by atoms with E-state index in [0.717, 1.165) is 39.4 Å². The minimum absolute atomic E-state index is 0.171. The number of ether oxygens (including phenoxy) is 3. The van der Waals surface area contributed by atoms with E-state index in [-0.39, 0.29) is 5.54 Å². The second kappa shape index (κ2) is 12.1. The summed E-state index contributed by atoms with van der Waals surface area (Å²) in [7, 11) is 3.27. The van der Waals surface area contributed by atoms with Gasteiger partial charge in [0.15, 0.2) is 0 Å². The van der Waals surface area contributed by atoms with Crippen LogP contribution in [-0.4, -0.2) is 25.9 Å². The Balaban J connectivity index is 1.50. The number of halogens is 1. The maximum absolute atomic E-state index is 12.6. The number of methoxy groups -OCH3 is 2. The highest BCUT2D eigenvalue weighted by molar-refractivity contribution is 6.30. The first-order valence-electron chi connectivity index (χ1n) is 13.6. The Hall–Kier alpha value is -4.62. The highest BCUT2D eigenvalue weighted by Gasteiger charge is 2.27. The molecular formula is C34H34ClN3O4. The quantitative estimate of drug-likeness (QED) is 0.192. The molecule has 0 radical (unpaired) electrons. The first kappa shape index (κ1) is 28.9. The highest BCUT2D eigenvalue weighted by Crippen LogP contribution is 2.43. The van der Waals surface area contributed by atoms with E-state index in [1.807, 2.05) is 30.3 Å². The third-order valence-corrected chi connectivity index (χ3v) is 7.32. The molecule has 4 aromatic carbocycles. The van der Waals surface area contributed by atoms with Crippen molar-refractivity contribution < 1.29 is 19.0 Å². The number of amides is 1. The van der Waals surface area contributed by atoms with E-state index >= 15 is 0 Å². The van der Waals surface area contributed by atoms with E-state index in [9.17, 15) is 4.79 Å². The minimum atomic E-state index is -0.614. The molecule has 0 unspecified atom stereocenters. The molecule has 0 bridgehead atoms. The lowest BCUT2D eigenvalue weighted by Crippen LogP contribution is -2.32. The molecule has 1 heterocycles. The Morgan fingerprint density at radius 1 is 0.905 bits per heavy atom. The molecule has 0 aliphatic carbocycles. The maximum atomic E-state index is 12.6. The summed E-state index contributed by atoms with van der Waals surface area (Å²) in [6, 6.07) is 24.3. The molecule has 7 nitrogen and oxygen atoms in total. The van der Waals surface area contributed by atoms with Crippen molar-refractivity contribution >= 4 is 40.3 Å². The van der Waals surface area contributed by atoms with Crippen molar-refractivity contribution in [1.82, 2.24) is 0 Å². The summed E-state index contributed by atoms with van der Waals surface area (Å²) in [5, 5.41) is 10.5. The topological polar surface area (TPSA) is 80.9 Å². The Labute approximate surface area is 251 Å². The molecule has 0 atom stereocenters. The fourth-order valence-electron chi connectivity index (χ4n) is 5.35. The summed E-state index contributed by atoms with van der Waals surface area (Å²) in [5.74, 6) is 1.70. The SMILES string of the molecule is COc1ccccc1NCc1c(-c2ccc(OC(=O)Nc3ccc(Cl)cc3)cc2OC)ccc2c1C(C)=CC(C)(C)N2. The molecule has 3 N–H and O–H groups in total. The first-order chi connectivity index (χ1) is 20.2. The monoisotopic (exact) mass is 583 g/mol. The Kier molecular flexibility index (Phi) is 8.31. The van der Waals surface area contributed by atoms with Gasteiger partial charge in [-0.15, -0.1) is 0 Å². The van der Waals surface area contributed by atoms with Gasteiger partial charge in [0.05, 0.1) is 25.4 Å². The van der Waals surface area contributed by atoms with E-state index in [0.29, 0.717) is 28.8 Å². The first-order valence-corrected chi connectivity index (χ1v) is 14.0. The van der Waals surface area contributed by atoms with Crippen LogP contribution in [0, 0.1) is 0 Å². The second-order valence-corrected chi connectivity index (χ2v) is 11.1.